The molecule has 4 N–H and O–H groups in total. The van der Waals surface area contributed by atoms with Gasteiger partial charge in [-0.05, 0) is 34.5 Å². The monoisotopic (exact) mass is 241 g/mol. The van der Waals surface area contributed by atoms with Gasteiger partial charge in [0.1, 0.15) is 0 Å². The van der Waals surface area contributed by atoms with Gasteiger partial charge in [-0.3, -0.25) is 0 Å². The molecule has 0 spiro atoms. The number of hydrogen-bond donors (Lipinski definition) is 3. The minimum Gasteiger partial charge on any atom is -0.398 e. The number of nitrogen functional groups attached to an aromatic ring is 1. The van der Waals surface area contributed by atoms with Gasteiger partial charge in [-0.1, -0.05) is 0 Å². The number of anilines is 2. The minimum absolute atomic E-state index is 0.718. The molecule has 3 nitrogen and oxygen atoms in total. The van der Waals surface area contributed by atoms with E-state index in [1.165, 1.54) is 6.21 Å². The average molecular weight is 242 g/mol. The Labute approximate surface area is 86.0 Å². The molecule has 70 valence electrons. The first kappa shape index (κ1) is 10.1. The van der Waals surface area contributed by atoms with Crippen LogP contribution < -0.4 is 11.1 Å². The van der Waals surface area contributed by atoms with Crippen LogP contribution in [0.25, 0.3) is 0 Å². The largest absolute Gasteiger partial charge is 0.398 e. The van der Waals surface area contributed by atoms with Crippen LogP contribution >= 0.6 is 15.9 Å². The number of benzene rings is 1. The summed E-state index contributed by atoms with van der Waals surface area (Å²) in [6.07, 6.45) is 1.31. The molecule has 0 aromatic heterocycles. The van der Waals surface area contributed by atoms with Crippen LogP contribution in [0.15, 0.2) is 10.5 Å². The maximum absolute atomic E-state index is 7.23. The van der Waals surface area contributed by atoms with E-state index in [9.17, 15) is 0 Å². The smallest absolute Gasteiger partial charge is 0.0645 e. The zero-order valence-electron chi connectivity index (χ0n) is 7.61. The van der Waals surface area contributed by atoms with Crippen molar-refractivity contribution in [2.75, 3.05) is 18.1 Å². The summed E-state index contributed by atoms with van der Waals surface area (Å²) in [5.41, 5.74) is 9.21. The summed E-state index contributed by atoms with van der Waals surface area (Å²) in [4.78, 5) is 0. The standard InChI is InChI=1S/C9H12BrN3/c1-5-3-6(4-11)9(13-2)7(10)8(5)12/h3-4,11,13H,12H2,1-2H3. The second-order valence-corrected chi connectivity index (χ2v) is 3.57. The Balaban J connectivity index is 3.47. The van der Waals surface area contributed by atoms with E-state index in [1.807, 2.05) is 20.0 Å². The lowest BCUT2D eigenvalue weighted by molar-refractivity contribution is 1.39. The van der Waals surface area contributed by atoms with Gasteiger partial charge in [0, 0.05) is 18.8 Å². The quantitative estimate of drug-likeness (QED) is 0.550. The van der Waals surface area contributed by atoms with Crippen molar-refractivity contribution in [2.24, 2.45) is 0 Å². The van der Waals surface area contributed by atoms with Gasteiger partial charge in [0.15, 0.2) is 0 Å². The van der Waals surface area contributed by atoms with Crippen molar-refractivity contribution in [3.63, 3.8) is 0 Å². The van der Waals surface area contributed by atoms with E-state index < -0.39 is 0 Å². The molecule has 0 radical (unpaired) electrons. The zero-order chi connectivity index (χ0) is 10.0. The molecule has 0 bridgehead atoms. The molecular formula is C9H12BrN3. The molecule has 1 rings (SSSR count). The lowest BCUT2D eigenvalue weighted by Gasteiger charge is -2.12. The highest BCUT2D eigenvalue weighted by Crippen LogP contribution is 2.33. The topological polar surface area (TPSA) is 61.9 Å². The molecular weight excluding hydrogens is 230 g/mol. The third-order valence-corrected chi connectivity index (χ3v) is 2.77. The van der Waals surface area contributed by atoms with E-state index in [-0.39, 0.29) is 0 Å². The fraction of sp³-hybridized carbons (Fsp3) is 0.222. The molecule has 0 heterocycles. The van der Waals surface area contributed by atoms with Gasteiger partial charge in [0.05, 0.1) is 15.8 Å². The first-order valence-corrected chi connectivity index (χ1v) is 4.68. The lowest BCUT2D eigenvalue weighted by atomic mass is 10.1. The van der Waals surface area contributed by atoms with E-state index in [1.54, 1.807) is 0 Å². The number of halogens is 1. The van der Waals surface area contributed by atoms with Crippen molar-refractivity contribution in [1.82, 2.24) is 0 Å². The molecule has 0 fully saturated rings. The van der Waals surface area contributed by atoms with Crippen molar-refractivity contribution in [3.05, 3.63) is 21.7 Å². The zero-order valence-corrected chi connectivity index (χ0v) is 9.20. The normalized spacial score (nSPS) is 9.77. The fourth-order valence-electron chi connectivity index (χ4n) is 1.19. The number of nitrogens with two attached hydrogens (primary N) is 1. The average Bonchev–Trinajstić information content (AvgIpc) is 2.13. The number of nitrogens with one attached hydrogen (secondary N) is 2. The van der Waals surface area contributed by atoms with Gasteiger partial charge in [0.25, 0.3) is 0 Å². The second kappa shape index (κ2) is 3.79. The molecule has 0 amide bonds. The van der Waals surface area contributed by atoms with Crippen LogP contribution in [-0.2, 0) is 0 Å². The van der Waals surface area contributed by atoms with E-state index in [2.05, 4.69) is 21.2 Å². The predicted molar refractivity (Wildman–Crippen MR) is 60.7 cm³/mol. The highest BCUT2D eigenvalue weighted by molar-refractivity contribution is 9.10. The first-order valence-electron chi connectivity index (χ1n) is 3.88. The van der Waals surface area contributed by atoms with E-state index in [0.717, 1.165) is 27.0 Å². The molecule has 0 atom stereocenters. The number of aryl methyl sites for hydroxylation is 1. The maximum Gasteiger partial charge on any atom is 0.0645 e. The third kappa shape index (κ3) is 1.67. The van der Waals surface area contributed by atoms with Crippen LogP contribution in [0.5, 0.6) is 0 Å². The summed E-state index contributed by atoms with van der Waals surface area (Å²) in [5, 5.41) is 10.2. The van der Waals surface area contributed by atoms with Crippen LogP contribution in [0.3, 0.4) is 0 Å². The Morgan fingerprint density at radius 1 is 1.62 bits per heavy atom. The Bertz CT molecular complexity index is 347. The molecule has 0 aliphatic heterocycles. The maximum atomic E-state index is 7.23. The summed E-state index contributed by atoms with van der Waals surface area (Å²) in [5.74, 6) is 0. The van der Waals surface area contributed by atoms with Crippen molar-refractivity contribution in [1.29, 1.82) is 5.41 Å². The molecule has 0 aliphatic carbocycles. The van der Waals surface area contributed by atoms with Crippen molar-refractivity contribution in [3.8, 4) is 0 Å². The number of hydrogen-bond acceptors (Lipinski definition) is 3. The third-order valence-electron chi connectivity index (χ3n) is 1.95. The minimum atomic E-state index is 0.718. The summed E-state index contributed by atoms with van der Waals surface area (Å²) < 4.78 is 0.827. The van der Waals surface area contributed by atoms with Gasteiger partial charge in [0.2, 0.25) is 0 Å². The van der Waals surface area contributed by atoms with Gasteiger partial charge in [-0.2, -0.15) is 0 Å². The Morgan fingerprint density at radius 2 is 2.23 bits per heavy atom. The lowest BCUT2D eigenvalue weighted by Crippen LogP contribution is -2.01. The highest BCUT2D eigenvalue weighted by atomic mass is 79.9. The van der Waals surface area contributed by atoms with Gasteiger partial charge < -0.3 is 16.5 Å². The highest BCUT2D eigenvalue weighted by Gasteiger charge is 2.09. The molecule has 1 aromatic rings. The molecule has 4 heteroatoms. The van der Waals surface area contributed by atoms with Crippen molar-refractivity contribution in [2.45, 2.75) is 6.92 Å². The van der Waals surface area contributed by atoms with Crippen molar-refractivity contribution >= 4 is 33.5 Å². The van der Waals surface area contributed by atoms with E-state index >= 15 is 0 Å². The van der Waals surface area contributed by atoms with Crippen LogP contribution in [-0.4, -0.2) is 13.3 Å². The summed E-state index contributed by atoms with van der Waals surface area (Å²) in [7, 11) is 1.81. The van der Waals surface area contributed by atoms with E-state index in [0.29, 0.717) is 0 Å². The Morgan fingerprint density at radius 3 is 2.69 bits per heavy atom. The van der Waals surface area contributed by atoms with Crippen LogP contribution in [0.1, 0.15) is 11.1 Å². The first-order chi connectivity index (χ1) is 6.11. The SMILES string of the molecule is CNc1c(C=N)cc(C)c(N)c1Br. The predicted octanol–water partition coefficient (Wildman–Crippen LogP) is 2.38. The molecule has 0 unspecified atom stereocenters. The molecule has 0 aliphatic rings. The second-order valence-electron chi connectivity index (χ2n) is 2.78. The van der Waals surface area contributed by atoms with Gasteiger partial charge in [-0.25, -0.2) is 0 Å². The molecule has 1 aromatic carbocycles. The number of rotatable bonds is 2. The molecule has 0 saturated carbocycles. The van der Waals surface area contributed by atoms with Gasteiger partial charge >= 0.3 is 0 Å². The van der Waals surface area contributed by atoms with Crippen LogP contribution in [0.4, 0.5) is 11.4 Å². The fourth-order valence-corrected chi connectivity index (χ4v) is 1.93. The van der Waals surface area contributed by atoms with Crippen molar-refractivity contribution < 1.29 is 0 Å². The Hall–Kier alpha value is -1.03. The van der Waals surface area contributed by atoms with E-state index in [4.69, 9.17) is 11.1 Å². The molecule has 13 heavy (non-hydrogen) atoms. The summed E-state index contributed by atoms with van der Waals surface area (Å²) in [6.45, 7) is 1.92. The van der Waals surface area contributed by atoms with Gasteiger partial charge in [-0.15, -0.1) is 0 Å². The van der Waals surface area contributed by atoms with Crippen LogP contribution in [0.2, 0.25) is 0 Å². The summed E-state index contributed by atoms with van der Waals surface area (Å²) >= 11 is 3.39. The molecule has 0 saturated heterocycles. The van der Waals surface area contributed by atoms with Crippen LogP contribution in [0, 0.1) is 12.3 Å². The Kier molecular flexibility index (Phi) is 2.93. The summed E-state index contributed by atoms with van der Waals surface area (Å²) in [6, 6.07) is 1.89.